The number of rotatable bonds is 4. The van der Waals surface area contributed by atoms with Crippen molar-refractivity contribution in [3.8, 4) is 11.4 Å². The van der Waals surface area contributed by atoms with Crippen molar-refractivity contribution in [2.24, 2.45) is 0 Å². The van der Waals surface area contributed by atoms with Crippen molar-refractivity contribution in [1.29, 1.82) is 0 Å². The molecule has 0 atom stereocenters. The van der Waals surface area contributed by atoms with E-state index < -0.39 is 4.92 Å². The summed E-state index contributed by atoms with van der Waals surface area (Å²) in [6.45, 7) is 5.31. The maximum atomic E-state index is 11.4. The molecule has 4 rings (SSSR count). The first-order valence-electron chi connectivity index (χ1n) is 9.40. The largest absolute Gasteiger partial charge is 0.369 e. The summed E-state index contributed by atoms with van der Waals surface area (Å²) < 4.78 is 0. The number of aromatic amines is 1. The van der Waals surface area contributed by atoms with E-state index in [0.717, 1.165) is 42.9 Å². The van der Waals surface area contributed by atoms with Gasteiger partial charge in [-0.05, 0) is 37.4 Å². The molecule has 0 saturated carbocycles. The first-order valence-corrected chi connectivity index (χ1v) is 9.40. The van der Waals surface area contributed by atoms with Crippen molar-refractivity contribution in [2.45, 2.75) is 6.92 Å². The number of anilines is 2. The molecule has 29 heavy (non-hydrogen) atoms. The van der Waals surface area contributed by atoms with Crippen LogP contribution in [0.3, 0.4) is 0 Å². The third kappa shape index (κ3) is 3.90. The molecule has 9 nitrogen and oxygen atoms in total. The Kier molecular flexibility index (Phi) is 4.89. The molecule has 9 heteroatoms. The average Bonchev–Trinajstić information content (AvgIpc) is 3.11. The van der Waals surface area contributed by atoms with E-state index in [4.69, 9.17) is 0 Å². The van der Waals surface area contributed by atoms with Crippen molar-refractivity contribution in [3.05, 3.63) is 46.5 Å². The number of benzene rings is 2. The zero-order chi connectivity index (χ0) is 20.5. The molecule has 3 aromatic rings. The molecule has 0 spiro atoms. The number of aromatic nitrogens is 2. The highest BCUT2D eigenvalue weighted by molar-refractivity contribution is 5.92. The highest BCUT2D eigenvalue weighted by atomic mass is 16.6. The zero-order valence-electron chi connectivity index (χ0n) is 16.3. The number of likely N-dealkylation sites (N-methyl/N-ethyl adjacent to an activating group) is 1. The molecule has 1 fully saturated rings. The fraction of sp³-hybridized carbons (Fsp3) is 0.300. The molecular weight excluding hydrogens is 372 g/mol. The summed E-state index contributed by atoms with van der Waals surface area (Å²) >= 11 is 0. The van der Waals surface area contributed by atoms with Gasteiger partial charge in [0.25, 0.3) is 5.69 Å². The lowest BCUT2D eigenvalue weighted by Crippen LogP contribution is -2.44. The molecule has 1 aliphatic heterocycles. The number of hydrogen-bond donors (Lipinski definition) is 2. The van der Waals surface area contributed by atoms with E-state index in [2.05, 4.69) is 44.3 Å². The zero-order valence-corrected chi connectivity index (χ0v) is 16.3. The minimum absolute atomic E-state index is 0.166. The monoisotopic (exact) mass is 394 g/mol. The molecule has 0 aliphatic carbocycles. The van der Waals surface area contributed by atoms with Crippen molar-refractivity contribution in [1.82, 2.24) is 14.9 Å². The number of hydrogen-bond acceptors (Lipinski definition) is 6. The number of carbonyl (C=O) groups excluding carboxylic acids is 1. The number of H-pyrrole nitrogens is 1. The second-order valence-corrected chi connectivity index (χ2v) is 7.25. The van der Waals surface area contributed by atoms with E-state index in [1.165, 1.54) is 19.1 Å². The summed E-state index contributed by atoms with van der Waals surface area (Å²) in [5.74, 6) is 0.189. The minimum atomic E-state index is -0.511. The van der Waals surface area contributed by atoms with Crippen LogP contribution in [0.4, 0.5) is 17.1 Å². The Labute approximate surface area is 167 Å². The van der Waals surface area contributed by atoms with Gasteiger partial charge in [-0.1, -0.05) is 0 Å². The molecule has 150 valence electrons. The predicted molar refractivity (Wildman–Crippen MR) is 112 cm³/mol. The summed E-state index contributed by atoms with van der Waals surface area (Å²) in [5.41, 5.74) is 3.39. The standard InChI is InChI=1S/C20H22N6O3/c1-13(27)21-17-5-3-14(11-19(17)26(28)29)20-22-16-6-4-15(12-18(16)23-20)25-9-7-24(2)8-10-25/h3-6,11-12H,7-10H2,1-2H3,(H,21,27)(H,22,23). The summed E-state index contributed by atoms with van der Waals surface area (Å²) in [4.78, 5) is 34.7. The highest BCUT2D eigenvalue weighted by Gasteiger charge is 2.19. The number of nitrogens with one attached hydrogen (secondary N) is 2. The van der Waals surface area contributed by atoms with E-state index in [-0.39, 0.29) is 17.3 Å². The Morgan fingerprint density at radius 2 is 1.93 bits per heavy atom. The Bertz CT molecular complexity index is 1090. The minimum Gasteiger partial charge on any atom is -0.369 e. The molecule has 1 saturated heterocycles. The normalized spacial score (nSPS) is 14.9. The summed E-state index contributed by atoms with van der Waals surface area (Å²) in [7, 11) is 2.12. The molecular formula is C20H22N6O3. The number of nitro benzene ring substituents is 1. The molecule has 2 heterocycles. The van der Waals surface area contributed by atoms with Gasteiger partial charge in [-0.25, -0.2) is 4.98 Å². The van der Waals surface area contributed by atoms with Gasteiger partial charge in [-0.15, -0.1) is 0 Å². The van der Waals surface area contributed by atoms with Crippen LogP contribution in [-0.4, -0.2) is 58.9 Å². The molecule has 0 radical (unpaired) electrons. The second kappa shape index (κ2) is 7.51. The second-order valence-electron chi connectivity index (χ2n) is 7.25. The number of nitrogens with zero attached hydrogens (tertiary/aromatic N) is 4. The Morgan fingerprint density at radius 3 is 2.62 bits per heavy atom. The van der Waals surface area contributed by atoms with E-state index in [1.807, 2.05) is 6.07 Å². The quantitative estimate of drug-likeness (QED) is 0.520. The SMILES string of the molecule is CC(=O)Nc1ccc(-c2nc3ccc(N4CCN(C)CC4)cc3[nH]2)cc1[N+](=O)[O-]. The van der Waals surface area contributed by atoms with Gasteiger partial charge in [0.2, 0.25) is 5.91 Å². The van der Waals surface area contributed by atoms with Gasteiger partial charge in [0, 0.05) is 50.4 Å². The van der Waals surface area contributed by atoms with Gasteiger partial charge >= 0.3 is 0 Å². The fourth-order valence-electron chi connectivity index (χ4n) is 3.52. The Hall–Kier alpha value is -3.46. The number of amides is 1. The summed E-state index contributed by atoms with van der Waals surface area (Å²) in [5, 5.41) is 13.9. The van der Waals surface area contributed by atoms with E-state index >= 15 is 0 Å². The number of piperazine rings is 1. The third-order valence-electron chi connectivity index (χ3n) is 5.11. The van der Waals surface area contributed by atoms with Gasteiger partial charge in [-0.2, -0.15) is 0 Å². The van der Waals surface area contributed by atoms with Gasteiger partial charge in [-0.3, -0.25) is 14.9 Å². The van der Waals surface area contributed by atoms with Crippen LogP contribution in [0.5, 0.6) is 0 Å². The third-order valence-corrected chi connectivity index (χ3v) is 5.11. The smallest absolute Gasteiger partial charge is 0.293 e. The molecule has 0 bridgehead atoms. The van der Waals surface area contributed by atoms with Crippen molar-refractivity contribution in [2.75, 3.05) is 43.4 Å². The first-order chi connectivity index (χ1) is 13.9. The molecule has 2 aromatic carbocycles. The van der Waals surface area contributed by atoms with Gasteiger partial charge in [0.1, 0.15) is 11.5 Å². The maximum Gasteiger partial charge on any atom is 0.293 e. The Balaban J connectivity index is 1.66. The van der Waals surface area contributed by atoms with Crippen LogP contribution in [0, 0.1) is 10.1 Å². The highest BCUT2D eigenvalue weighted by Crippen LogP contribution is 2.31. The summed E-state index contributed by atoms with van der Waals surface area (Å²) in [6, 6.07) is 10.7. The number of fused-ring (bicyclic) bond motifs is 1. The average molecular weight is 394 g/mol. The topological polar surface area (TPSA) is 107 Å². The van der Waals surface area contributed by atoms with Crippen LogP contribution in [0.25, 0.3) is 22.4 Å². The molecule has 2 N–H and O–H groups in total. The van der Waals surface area contributed by atoms with E-state index in [0.29, 0.717) is 11.4 Å². The molecule has 0 unspecified atom stereocenters. The molecule has 1 aromatic heterocycles. The maximum absolute atomic E-state index is 11.4. The van der Waals surface area contributed by atoms with Gasteiger partial charge < -0.3 is 20.1 Å². The van der Waals surface area contributed by atoms with Crippen LogP contribution in [0.2, 0.25) is 0 Å². The number of imidazole rings is 1. The Morgan fingerprint density at radius 1 is 1.17 bits per heavy atom. The number of carbonyl (C=O) groups is 1. The lowest BCUT2D eigenvalue weighted by Gasteiger charge is -2.34. The predicted octanol–water partition coefficient (Wildman–Crippen LogP) is 2.85. The lowest BCUT2D eigenvalue weighted by molar-refractivity contribution is -0.383. The van der Waals surface area contributed by atoms with Crippen LogP contribution in [0.15, 0.2) is 36.4 Å². The lowest BCUT2D eigenvalue weighted by atomic mass is 10.1. The van der Waals surface area contributed by atoms with Crippen molar-refractivity contribution < 1.29 is 9.72 Å². The van der Waals surface area contributed by atoms with Gasteiger partial charge in [0.05, 0.1) is 16.0 Å². The molecule has 1 amide bonds. The van der Waals surface area contributed by atoms with E-state index in [1.54, 1.807) is 6.07 Å². The fourth-order valence-corrected chi connectivity index (χ4v) is 3.52. The van der Waals surface area contributed by atoms with E-state index in [9.17, 15) is 14.9 Å². The van der Waals surface area contributed by atoms with Crippen LogP contribution in [0.1, 0.15) is 6.92 Å². The van der Waals surface area contributed by atoms with Crippen LogP contribution < -0.4 is 10.2 Å². The van der Waals surface area contributed by atoms with Crippen LogP contribution in [-0.2, 0) is 4.79 Å². The summed E-state index contributed by atoms with van der Waals surface area (Å²) in [6.07, 6.45) is 0. The number of nitro groups is 1. The van der Waals surface area contributed by atoms with Gasteiger partial charge in [0.15, 0.2) is 0 Å². The van der Waals surface area contributed by atoms with Crippen LogP contribution >= 0.6 is 0 Å². The molecule has 1 aliphatic rings. The first kappa shape index (κ1) is 18.9. The van der Waals surface area contributed by atoms with Crippen molar-refractivity contribution in [3.63, 3.8) is 0 Å². The van der Waals surface area contributed by atoms with Crippen molar-refractivity contribution >= 4 is 34.0 Å².